The predicted molar refractivity (Wildman–Crippen MR) is 71.5 cm³/mol. The SMILES string of the molecule is C=CCCCCCO.C=CCCCCCO. The van der Waals surface area contributed by atoms with Gasteiger partial charge in [-0.1, -0.05) is 25.0 Å². The van der Waals surface area contributed by atoms with E-state index >= 15 is 0 Å². The number of hydrogen-bond acceptors (Lipinski definition) is 2. The number of hydrogen-bond donors (Lipinski definition) is 2. The minimum absolute atomic E-state index is 0.330. The van der Waals surface area contributed by atoms with Gasteiger partial charge in [-0.15, -0.1) is 13.2 Å². The first-order valence-corrected chi connectivity index (χ1v) is 6.27. The number of rotatable bonds is 10. The van der Waals surface area contributed by atoms with E-state index in [-0.39, 0.29) is 0 Å². The van der Waals surface area contributed by atoms with Gasteiger partial charge in [-0.2, -0.15) is 0 Å². The molecule has 0 heterocycles. The minimum atomic E-state index is 0.330. The molecule has 0 rings (SSSR count). The fraction of sp³-hybridized carbons (Fsp3) is 0.714. The van der Waals surface area contributed by atoms with Crippen LogP contribution in [0.1, 0.15) is 51.4 Å². The van der Waals surface area contributed by atoms with Gasteiger partial charge in [0.1, 0.15) is 0 Å². The van der Waals surface area contributed by atoms with E-state index in [1.807, 2.05) is 12.2 Å². The van der Waals surface area contributed by atoms with E-state index in [1.54, 1.807) is 0 Å². The van der Waals surface area contributed by atoms with E-state index in [9.17, 15) is 0 Å². The molecule has 0 aliphatic carbocycles. The molecule has 16 heavy (non-hydrogen) atoms. The fourth-order valence-electron chi connectivity index (χ4n) is 1.15. The van der Waals surface area contributed by atoms with Gasteiger partial charge in [-0.25, -0.2) is 0 Å². The highest BCUT2D eigenvalue weighted by Gasteiger charge is 1.82. The quantitative estimate of drug-likeness (QED) is 0.444. The molecule has 0 aliphatic heterocycles. The lowest BCUT2D eigenvalue weighted by Crippen LogP contribution is -1.80. The van der Waals surface area contributed by atoms with Crippen LogP contribution < -0.4 is 0 Å². The van der Waals surface area contributed by atoms with Crippen LogP contribution in [0.3, 0.4) is 0 Å². The summed E-state index contributed by atoms with van der Waals surface area (Å²) in [5.41, 5.74) is 0. The molecule has 96 valence electrons. The van der Waals surface area contributed by atoms with Crippen molar-refractivity contribution in [1.29, 1.82) is 0 Å². The van der Waals surface area contributed by atoms with Gasteiger partial charge in [0.05, 0.1) is 0 Å². The minimum Gasteiger partial charge on any atom is -0.396 e. The molecule has 0 fully saturated rings. The Hall–Kier alpha value is -0.600. The van der Waals surface area contributed by atoms with Crippen molar-refractivity contribution in [3.8, 4) is 0 Å². The molecule has 0 amide bonds. The Morgan fingerprint density at radius 3 is 1.25 bits per heavy atom. The van der Waals surface area contributed by atoms with Gasteiger partial charge in [0, 0.05) is 13.2 Å². The number of aliphatic hydroxyl groups is 2. The van der Waals surface area contributed by atoms with Gasteiger partial charge >= 0.3 is 0 Å². The van der Waals surface area contributed by atoms with E-state index in [0.29, 0.717) is 13.2 Å². The Morgan fingerprint density at radius 1 is 0.625 bits per heavy atom. The standard InChI is InChI=1S/2C7H14O/c2*1-2-3-4-5-6-7-8/h2*2,8H,1,3-7H2. The maximum absolute atomic E-state index is 8.34. The number of aliphatic hydroxyl groups excluding tert-OH is 2. The number of allylic oxidation sites excluding steroid dienone is 2. The molecule has 0 aromatic heterocycles. The summed E-state index contributed by atoms with van der Waals surface area (Å²) in [6.45, 7) is 7.85. The molecular weight excluding hydrogens is 200 g/mol. The third-order valence-electron chi connectivity index (χ3n) is 2.13. The van der Waals surface area contributed by atoms with Crippen LogP contribution in [0.15, 0.2) is 25.3 Å². The maximum Gasteiger partial charge on any atom is 0.0431 e. The second-order valence-electron chi connectivity index (χ2n) is 3.72. The van der Waals surface area contributed by atoms with E-state index in [1.165, 1.54) is 12.8 Å². The third kappa shape index (κ3) is 23.3. The Labute approximate surface area is 101 Å². The lowest BCUT2D eigenvalue weighted by atomic mass is 10.2. The normalized spacial score (nSPS) is 9.12. The van der Waals surface area contributed by atoms with Crippen LogP contribution in [0.5, 0.6) is 0 Å². The molecule has 0 unspecified atom stereocenters. The van der Waals surface area contributed by atoms with E-state index in [2.05, 4.69) is 13.2 Å². The van der Waals surface area contributed by atoms with Crippen LogP contribution in [0.2, 0.25) is 0 Å². The first-order chi connectivity index (χ1) is 7.83. The molecule has 0 aromatic carbocycles. The van der Waals surface area contributed by atoms with Crippen LogP contribution in [0.4, 0.5) is 0 Å². The van der Waals surface area contributed by atoms with Crippen molar-refractivity contribution in [2.45, 2.75) is 51.4 Å². The highest BCUT2D eigenvalue weighted by atomic mass is 16.3. The average molecular weight is 228 g/mol. The zero-order valence-corrected chi connectivity index (χ0v) is 10.5. The van der Waals surface area contributed by atoms with E-state index in [0.717, 1.165) is 38.5 Å². The van der Waals surface area contributed by atoms with Crippen molar-refractivity contribution in [2.75, 3.05) is 13.2 Å². The molecular formula is C14H28O2. The molecule has 0 atom stereocenters. The first kappa shape index (κ1) is 17.8. The second kappa shape index (κ2) is 19.9. The van der Waals surface area contributed by atoms with Crippen molar-refractivity contribution in [3.05, 3.63) is 25.3 Å². The number of unbranched alkanes of at least 4 members (excludes halogenated alkanes) is 6. The van der Waals surface area contributed by atoms with Crippen molar-refractivity contribution in [1.82, 2.24) is 0 Å². The highest BCUT2D eigenvalue weighted by Crippen LogP contribution is 1.98. The summed E-state index contributed by atoms with van der Waals surface area (Å²) in [7, 11) is 0. The lowest BCUT2D eigenvalue weighted by molar-refractivity contribution is 0.283. The summed E-state index contributed by atoms with van der Waals surface area (Å²) in [4.78, 5) is 0. The van der Waals surface area contributed by atoms with Gasteiger partial charge < -0.3 is 10.2 Å². The fourth-order valence-corrected chi connectivity index (χ4v) is 1.15. The van der Waals surface area contributed by atoms with Crippen LogP contribution in [0.25, 0.3) is 0 Å². The van der Waals surface area contributed by atoms with Gasteiger partial charge in [-0.3, -0.25) is 0 Å². The van der Waals surface area contributed by atoms with Gasteiger partial charge in [0.2, 0.25) is 0 Å². The molecule has 2 heteroatoms. The highest BCUT2D eigenvalue weighted by molar-refractivity contribution is 4.65. The lowest BCUT2D eigenvalue weighted by Gasteiger charge is -1.91. The Bertz CT molecular complexity index is 117. The second-order valence-corrected chi connectivity index (χ2v) is 3.72. The van der Waals surface area contributed by atoms with Crippen LogP contribution in [-0.2, 0) is 0 Å². The summed E-state index contributed by atoms with van der Waals surface area (Å²) in [5.74, 6) is 0. The Morgan fingerprint density at radius 2 is 1.00 bits per heavy atom. The summed E-state index contributed by atoms with van der Waals surface area (Å²) >= 11 is 0. The third-order valence-corrected chi connectivity index (χ3v) is 2.13. The molecule has 2 N–H and O–H groups in total. The molecule has 0 aliphatic rings. The van der Waals surface area contributed by atoms with E-state index in [4.69, 9.17) is 10.2 Å². The molecule has 0 saturated carbocycles. The average Bonchev–Trinajstić information content (AvgIpc) is 2.31. The Balaban J connectivity index is 0. The summed E-state index contributed by atoms with van der Waals surface area (Å²) in [6, 6.07) is 0. The van der Waals surface area contributed by atoms with Crippen molar-refractivity contribution >= 4 is 0 Å². The zero-order valence-electron chi connectivity index (χ0n) is 10.5. The summed E-state index contributed by atoms with van der Waals surface area (Å²) in [6.07, 6.45) is 12.5. The molecule has 0 spiro atoms. The molecule has 0 radical (unpaired) electrons. The smallest absolute Gasteiger partial charge is 0.0431 e. The van der Waals surface area contributed by atoms with Crippen molar-refractivity contribution < 1.29 is 10.2 Å². The monoisotopic (exact) mass is 228 g/mol. The van der Waals surface area contributed by atoms with Gasteiger partial charge in [0.15, 0.2) is 0 Å². The molecule has 0 saturated heterocycles. The van der Waals surface area contributed by atoms with Crippen molar-refractivity contribution in [3.63, 3.8) is 0 Å². The maximum atomic E-state index is 8.34. The predicted octanol–water partition coefficient (Wildman–Crippen LogP) is 3.45. The largest absolute Gasteiger partial charge is 0.396 e. The molecule has 2 nitrogen and oxygen atoms in total. The van der Waals surface area contributed by atoms with Crippen LogP contribution >= 0.6 is 0 Å². The summed E-state index contributed by atoms with van der Waals surface area (Å²) < 4.78 is 0. The zero-order chi connectivity index (χ0) is 12.5. The summed E-state index contributed by atoms with van der Waals surface area (Å²) in [5, 5.41) is 16.7. The first-order valence-electron chi connectivity index (χ1n) is 6.27. The van der Waals surface area contributed by atoms with E-state index < -0.39 is 0 Å². The molecule has 0 bridgehead atoms. The van der Waals surface area contributed by atoms with Crippen molar-refractivity contribution in [2.24, 2.45) is 0 Å². The molecule has 0 aromatic rings. The van der Waals surface area contributed by atoms with Gasteiger partial charge in [-0.05, 0) is 38.5 Å². The van der Waals surface area contributed by atoms with Gasteiger partial charge in [0.25, 0.3) is 0 Å². The topological polar surface area (TPSA) is 40.5 Å². The van der Waals surface area contributed by atoms with Crippen LogP contribution in [0, 0.1) is 0 Å². The van der Waals surface area contributed by atoms with Crippen LogP contribution in [-0.4, -0.2) is 23.4 Å². The Kier molecular flexibility index (Phi) is 22.1.